The predicted molar refractivity (Wildman–Crippen MR) is 162 cm³/mol. The lowest BCUT2D eigenvalue weighted by Crippen LogP contribution is -2.54. The smallest absolute Gasteiger partial charge is 0.317 e. The van der Waals surface area contributed by atoms with Crippen molar-refractivity contribution in [1.29, 1.82) is 5.26 Å². The molecule has 1 fully saturated rings. The van der Waals surface area contributed by atoms with E-state index in [-0.39, 0.29) is 23.4 Å². The zero-order chi connectivity index (χ0) is 29.5. The Balaban J connectivity index is 1.43. The van der Waals surface area contributed by atoms with E-state index in [2.05, 4.69) is 16.3 Å². The normalized spacial score (nSPS) is 15.7. The second-order valence-electron chi connectivity index (χ2n) is 11.2. The molecule has 1 aliphatic heterocycles. The molecule has 1 atom stereocenters. The Labute approximate surface area is 247 Å². The average Bonchev–Trinajstić information content (AvgIpc) is 3.64. The van der Waals surface area contributed by atoms with Crippen molar-refractivity contribution in [3.63, 3.8) is 0 Å². The minimum absolute atomic E-state index is 0.0697. The Morgan fingerprint density at radius 1 is 1.22 bits per heavy atom. The molecule has 4 heterocycles. The van der Waals surface area contributed by atoms with Gasteiger partial charge in [0, 0.05) is 38.3 Å². The Bertz CT molecular complexity index is 1600. The molecule has 216 valence electrons. The summed E-state index contributed by atoms with van der Waals surface area (Å²) >= 11 is 2.80. The van der Waals surface area contributed by atoms with Gasteiger partial charge in [0.15, 0.2) is 10.9 Å². The van der Waals surface area contributed by atoms with E-state index in [1.165, 1.54) is 34.8 Å². The van der Waals surface area contributed by atoms with Crippen LogP contribution in [0.3, 0.4) is 0 Å². The van der Waals surface area contributed by atoms with E-state index in [1.54, 1.807) is 17.0 Å². The van der Waals surface area contributed by atoms with Gasteiger partial charge in [0.2, 0.25) is 10.1 Å². The number of urea groups is 1. The summed E-state index contributed by atoms with van der Waals surface area (Å²) in [5.41, 5.74) is 1.79. The second kappa shape index (κ2) is 11.3. The van der Waals surface area contributed by atoms with E-state index >= 15 is 0 Å². The third-order valence-corrected chi connectivity index (χ3v) is 9.04. The standard InChI is InChI=1S/C28H34FN9OS2/c1-7-20-23(36(6)25-32-22(21(15-30)40-25)17-10-12-18(29)13-11-17)38-26(31-20)41-27(34-38)37-14-8-9-19(16-37)35(5)24(39)33-28(2,3)4/h10-13,19H,7-9,14,16H2,1-6H3,(H,33,39). The second-order valence-corrected chi connectivity index (χ2v) is 13.1. The van der Waals surface area contributed by atoms with Crippen molar-refractivity contribution in [3.8, 4) is 17.3 Å². The highest BCUT2D eigenvalue weighted by Crippen LogP contribution is 2.38. The highest BCUT2D eigenvalue weighted by atomic mass is 32.1. The number of rotatable bonds is 6. The number of carbonyl (C=O) groups is 1. The molecule has 0 spiro atoms. The van der Waals surface area contributed by atoms with Crippen LogP contribution in [0, 0.1) is 17.1 Å². The van der Waals surface area contributed by atoms with Gasteiger partial charge in [-0.15, -0.1) is 5.10 Å². The fourth-order valence-electron chi connectivity index (χ4n) is 4.91. The number of fused-ring (bicyclic) bond motifs is 1. The Morgan fingerprint density at radius 2 is 1.95 bits per heavy atom. The average molecular weight is 596 g/mol. The summed E-state index contributed by atoms with van der Waals surface area (Å²) in [6.45, 7) is 9.53. The number of imidazole rings is 1. The van der Waals surface area contributed by atoms with Crippen LogP contribution in [0.25, 0.3) is 16.2 Å². The molecule has 4 aromatic rings. The highest BCUT2D eigenvalue weighted by Gasteiger charge is 2.30. The molecule has 1 unspecified atom stereocenters. The first kappa shape index (κ1) is 28.8. The van der Waals surface area contributed by atoms with Gasteiger partial charge >= 0.3 is 6.03 Å². The lowest BCUT2D eigenvalue weighted by Gasteiger charge is -2.38. The maximum absolute atomic E-state index is 13.5. The Morgan fingerprint density at radius 3 is 2.61 bits per heavy atom. The van der Waals surface area contributed by atoms with E-state index < -0.39 is 0 Å². The number of carbonyl (C=O) groups excluding carboxylic acids is 1. The Kier molecular flexibility index (Phi) is 7.89. The number of likely N-dealkylation sites (N-methyl/N-ethyl adjacent to an activating group) is 1. The monoisotopic (exact) mass is 595 g/mol. The third-order valence-electron chi connectivity index (χ3n) is 7.03. The molecular formula is C28H34FN9OS2. The van der Waals surface area contributed by atoms with Crippen LogP contribution in [0.5, 0.6) is 0 Å². The number of piperidine rings is 1. The molecular weight excluding hydrogens is 562 g/mol. The number of hydrogen-bond acceptors (Lipinski definition) is 9. The molecule has 5 rings (SSSR count). The van der Waals surface area contributed by atoms with Crippen molar-refractivity contribution in [1.82, 2.24) is 29.8 Å². The summed E-state index contributed by atoms with van der Waals surface area (Å²) in [5, 5.41) is 19.3. The molecule has 13 heteroatoms. The fraction of sp³-hybridized carbons (Fsp3) is 0.464. The minimum atomic E-state index is -0.340. The molecule has 0 bridgehead atoms. The van der Waals surface area contributed by atoms with Gasteiger partial charge in [-0.25, -0.2) is 19.2 Å². The van der Waals surface area contributed by atoms with Crippen molar-refractivity contribution < 1.29 is 9.18 Å². The maximum Gasteiger partial charge on any atom is 0.317 e. The molecule has 1 saturated heterocycles. The summed E-state index contributed by atoms with van der Waals surface area (Å²) in [6.07, 6.45) is 2.59. The first-order valence-corrected chi connectivity index (χ1v) is 15.2. The number of anilines is 3. The third kappa shape index (κ3) is 5.85. The van der Waals surface area contributed by atoms with Crippen LogP contribution in [0.15, 0.2) is 24.3 Å². The van der Waals surface area contributed by atoms with E-state index in [4.69, 9.17) is 15.1 Å². The highest BCUT2D eigenvalue weighted by molar-refractivity contribution is 7.20. The van der Waals surface area contributed by atoms with Crippen LogP contribution < -0.4 is 15.1 Å². The molecule has 0 saturated carbocycles. The summed E-state index contributed by atoms with van der Waals surface area (Å²) in [4.78, 5) is 29.6. The van der Waals surface area contributed by atoms with Crippen molar-refractivity contribution in [2.45, 2.75) is 58.5 Å². The summed E-state index contributed by atoms with van der Waals surface area (Å²) in [6, 6.07) is 8.23. The van der Waals surface area contributed by atoms with Gasteiger partial charge < -0.3 is 20.0 Å². The molecule has 3 aromatic heterocycles. The van der Waals surface area contributed by atoms with E-state index in [0.717, 1.165) is 41.0 Å². The predicted octanol–water partition coefficient (Wildman–Crippen LogP) is 5.66. The summed E-state index contributed by atoms with van der Waals surface area (Å²) in [5.74, 6) is 0.456. The van der Waals surface area contributed by atoms with Crippen molar-refractivity contribution >= 4 is 49.7 Å². The SMILES string of the molecule is CCc1nc2sc(N3CCCC(N(C)C(=O)NC(C)(C)C)C3)nn2c1N(C)c1nc(-c2ccc(F)cc2)c(C#N)s1. The zero-order valence-corrected chi connectivity index (χ0v) is 25.7. The number of thiazole rings is 1. The number of nitrogens with zero attached hydrogens (tertiary/aromatic N) is 8. The number of aromatic nitrogens is 4. The van der Waals surface area contributed by atoms with E-state index in [1.807, 2.05) is 51.2 Å². The molecule has 0 radical (unpaired) electrons. The van der Waals surface area contributed by atoms with Crippen LogP contribution in [0.2, 0.25) is 0 Å². The van der Waals surface area contributed by atoms with Gasteiger partial charge in [-0.2, -0.15) is 9.78 Å². The van der Waals surface area contributed by atoms with Crippen LogP contribution in [0.4, 0.5) is 25.3 Å². The lowest BCUT2D eigenvalue weighted by atomic mass is 10.0. The zero-order valence-electron chi connectivity index (χ0n) is 24.1. The molecule has 1 aliphatic rings. The summed E-state index contributed by atoms with van der Waals surface area (Å²) in [7, 11) is 3.75. The molecule has 2 amide bonds. The van der Waals surface area contributed by atoms with Crippen LogP contribution in [-0.4, -0.2) is 69.3 Å². The maximum atomic E-state index is 13.5. The van der Waals surface area contributed by atoms with Gasteiger partial charge in [0.25, 0.3) is 0 Å². The van der Waals surface area contributed by atoms with Crippen molar-refractivity contribution in [3.05, 3.63) is 40.7 Å². The number of hydrogen-bond donors (Lipinski definition) is 1. The number of nitriles is 1. The van der Waals surface area contributed by atoms with Gasteiger partial charge in [0.05, 0.1) is 11.7 Å². The fourth-order valence-corrected chi connectivity index (χ4v) is 6.71. The largest absolute Gasteiger partial charge is 0.345 e. The number of aryl methyl sites for hydroxylation is 1. The quantitative estimate of drug-likeness (QED) is 0.306. The van der Waals surface area contributed by atoms with Gasteiger partial charge in [-0.1, -0.05) is 29.6 Å². The topological polar surface area (TPSA) is 106 Å². The molecule has 10 nitrogen and oxygen atoms in total. The minimum Gasteiger partial charge on any atom is -0.345 e. The van der Waals surface area contributed by atoms with Gasteiger partial charge in [0.1, 0.15) is 22.5 Å². The van der Waals surface area contributed by atoms with E-state index in [9.17, 15) is 14.4 Å². The molecule has 41 heavy (non-hydrogen) atoms. The lowest BCUT2D eigenvalue weighted by molar-refractivity contribution is 0.174. The van der Waals surface area contributed by atoms with Crippen molar-refractivity contribution in [2.24, 2.45) is 0 Å². The van der Waals surface area contributed by atoms with Gasteiger partial charge in [-0.05, 0) is 64.3 Å². The van der Waals surface area contributed by atoms with Crippen LogP contribution in [-0.2, 0) is 6.42 Å². The van der Waals surface area contributed by atoms with Gasteiger partial charge in [-0.3, -0.25) is 0 Å². The molecule has 0 aliphatic carbocycles. The number of benzene rings is 1. The Hall–Kier alpha value is -3.76. The summed E-state index contributed by atoms with van der Waals surface area (Å²) < 4.78 is 15.3. The number of amides is 2. The number of nitrogens with one attached hydrogen (secondary N) is 1. The van der Waals surface area contributed by atoms with E-state index in [0.29, 0.717) is 34.2 Å². The van der Waals surface area contributed by atoms with Crippen LogP contribution in [0.1, 0.15) is 51.1 Å². The number of halogens is 1. The molecule has 1 N–H and O–H groups in total. The first-order chi connectivity index (χ1) is 19.5. The van der Waals surface area contributed by atoms with Crippen LogP contribution >= 0.6 is 22.7 Å². The van der Waals surface area contributed by atoms with Crippen molar-refractivity contribution in [2.75, 3.05) is 37.0 Å². The molecule has 1 aromatic carbocycles. The first-order valence-electron chi connectivity index (χ1n) is 13.6.